The summed E-state index contributed by atoms with van der Waals surface area (Å²) < 4.78 is 4.96. The van der Waals surface area contributed by atoms with Gasteiger partial charge in [-0.2, -0.15) is 4.98 Å². The van der Waals surface area contributed by atoms with Crippen LogP contribution in [-0.2, 0) is 4.79 Å². The van der Waals surface area contributed by atoms with E-state index in [0.717, 1.165) is 5.56 Å². The molecule has 0 saturated heterocycles. The highest BCUT2D eigenvalue weighted by Gasteiger charge is 2.04. The van der Waals surface area contributed by atoms with Crippen LogP contribution in [0.15, 0.2) is 36.8 Å². The Morgan fingerprint density at radius 3 is 2.71 bits per heavy atom. The summed E-state index contributed by atoms with van der Waals surface area (Å²) in [6.07, 6.45) is 4.77. The van der Waals surface area contributed by atoms with Crippen molar-refractivity contribution in [2.24, 2.45) is 0 Å². The van der Waals surface area contributed by atoms with Gasteiger partial charge in [-0.1, -0.05) is 0 Å². The minimum Gasteiger partial charge on any atom is -0.479 e. The van der Waals surface area contributed by atoms with Gasteiger partial charge in [0.2, 0.25) is 5.88 Å². The van der Waals surface area contributed by atoms with Gasteiger partial charge in [0.05, 0.1) is 0 Å². The van der Waals surface area contributed by atoms with Gasteiger partial charge in [-0.15, -0.1) is 0 Å². The normalized spacial score (nSPS) is 9.88. The molecule has 86 valence electrons. The van der Waals surface area contributed by atoms with Crippen LogP contribution in [0.2, 0.25) is 0 Å². The van der Waals surface area contributed by atoms with Crippen molar-refractivity contribution >= 4 is 5.97 Å². The van der Waals surface area contributed by atoms with Crippen molar-refractivity contribution in [3.63, 3.8) is 0 Å². The summed E-state index contributed by atoms with van der Waals surface area (Å²) in [5.74, 6) is -0.349. The summed E-state index contributed by atoms with van der Waals surface area (Å²) in [7, 11) is 0. The van der Waals surface area contributed by atoms with E-state index in [0.29, 0.717) is 5.82 Å². The largest absolute Gasteiger partial charge is 0.479 e. The molecule has 2 heterocycles. The van der Waals surface area contributed by atoms with E-state index in [9.17, 15) is 4.79 Å². The van der Waals surface area contributed by atoms with Gasteiger partial charge in [0, 0.05) is 30.2 Å². The lowest BCUT2D eigenvalue weighted by Gasteiger charge is -2.03. The molecule has 0 amide bonds. The molecule has 6 nitrogen and oxygen atoms in total. The van der Waals surface area contributed by atoms with Crippen LogP contribution in [0.25, 0.3) is 11.4 Å². The number of carboxylic acid groups (broad SMARTS) is 1. The fraction of sp³-hybridized carbons (Fsp3) is 0.0909. The molecular weight excluding hydrogens is 222 g/mol. The highest BCUT2D eigenvalue weighted by Crippen LogP contribution is 2.15. The smallest absolute Gasteiger partial charge is 0.341 e. The number of nitrogens with zero attached hydrogens (tertiary/aromatic N) is 3. The predicted molar refractivity (Wildman–Crippen MR) is 58.4 cm³/mol. The summed E-state index contributed by atoms with van der Waals surface area (Å²) in [6, 6.07) is 5.03. The molecule has 2 aromatic rings. The molecule has 0 saturated carbocycles. The quantitative estimate of drug-likeness (QED) is 0.844. The number of hydrogen-bond donors (Lipinski definition) is 1. The number of pyridine rings is 1. The fourth-order valence-electron chi connectivity index (χ4n) is 1.20. The van der Waals surface area contributed by atoms with Crippen LogP contribution >= 0.6 is 0 Å². The van der Waals surface area contributed by atoms with Gasteiger partial charge in [-0.05, 0) is 12.1 Å². The van der Waals surface area contributed by atoms with Crippen molar-refractivity contribution in [1.82, 2.24) is 15.0 Å². The molecular formula is C11H9N3O3. The highest BCUT2D eigenvalue weighted by atomic mass is 16.5. The molecule has 0 atom stereocenters. The lowest BCUT2D eigenvalue weighted by Crippen LogP contribution is -2.10. The van der Waals surface area contributed by atoms with Gasteiger partial charge in [0.15, 0.2) is 12.4 Å². The number of carboxylic acids is 1. The van der Waals surface area contributed by atoms with Crippen molar-refractivity contribution in [3.05, 3.63) is 36.8 Å². The summed E-state index contributed by atoms with van der Waals surface area (Å²) in [5, 5.41) is 8.48. The number of aromatic nitrogens is 3. The molecule has 0 aliphatic heterocycles. The molecule has 0 fully saturated rings. The van der Waals surface area contributed by atoms with Crippen molar-refractivity contribution in [2.45, 2.75) is 0 Å². The van der Waals surface area contributed by atoms with E-state index in [-0.39, 0.29) is 5.88 Å². The van der Waals surface area contributed by atoms with Crippen molar-refractivity contribution in [1.29, 1.82) is 0 Å². The van der Waals surface area contributed by atoms with Crippen LogP contribution in [0.1, 0.15) is 0 Å². The van der Waals surface area contributed by atoms with Crippen LogP contribution < -0.4 is 4.74 Å². The molecule has 0 unspecified atom stereocenters. The summed E-state index contributed by atoms with van der Waals surface area (Å²) in [6.45, 7) is -0.424. The standard InChI is InChI=1S/C11H9N3O3/c15-10(16)7-17-9-3-6-13-11(14-9)8-1-4-12-5-2-8/h1-6H,7H2,(H,15,16). The van der Waals surface area contributed by atoms with Gasteiger partial charge < -0.3 is 9.84 Å². The molecule has 6 heteroatoms. The van der Waals surface area contributed by atoms with Gasteiger partial charge >= 0.3 is 5.97 Å². The first kappa shape index (κ1) is 11.0. The summed E-state index contributed by atoms with van der Waals surface area (Å²) in [5.41, 5.74) is 0.792. The van der Waals surface area contributed by atoms with Crippen LogP contribution in [0, 0.1) is 0 Å². The Bertz CT molecular complexity index is 516. The molecule has 0 bridgehead atoms. The average Bonchev–Trinajstić information content (AvgIpc) is 2.38. The predicted octanol–water partition coefficient (Wildman–Crippen LogP) is 1.00. The Balaban J connectivity index is 2.20. The van der Waals surface area contributed by atoms with Crippen molar-refractivity contribution in [2.75, 3.05) is 6.61 Å². The first-order valence-corrected chi connectivity index (χ1v) is 4.84. The number of carbonyl (C=O) groups is 1. The zero-order chi connectivity index (χ0) is 12.1. The molecule has 2 aromatic heterocycles. The van der Waals surface area contributed by atoms with E-state index in [1.54, 1.807) is 24.5 Å². The number of aliphatic carboxylic acids is 1. The Morgan fingerprint density at radius 2 is 2.00 bits per heavy atom. The second kappa shape index (κ2) is 5.02. The van der Waals surface area contributed by atoms with Crippen LogP contribution in [0.5, 0.6) is 5.88 Å². The second-order valence-electron chi connectivity index (χ2n) is 3.14. The van der Waals surface area contributed by atoms with Crippen molar-refractivity contribution in [3.8, 4) is 17.3 Å². The van der Waals surface area contributed by atoms with Gasteiger partial charge in [0.25, 0.3) is 0 Å². The molecule has 0 spiro atoms. The molecule has 0 aliphatic carbocycles. The average molecular weight is 231 g/mol. The summed E-state index contributed by atoms with van der Waals surface area (Å²) in [4.78, 5) is 22.4. The van der Waals surface area contributed by atoms with Crippen LogP contribution in [0.3, 0.4) is 0 Å². The molecule has 0 aromatic carbocycles. The van der Waals surface area contributed by atoms with Gasteiger partial charge in [-0.25, -0.2) is 9.78 Å². The molecule has 1 N–H and O–H groups in total. The van der Waals surface area contributed by atoms with E-state index >= 15 is 0 Å². The highest BCUT2D eigenvalue weighted by molar-refractivity contribution is 5.68. The van der Waals surface area contributed by atoms with E-state index in [1.165, 1.54) is 12.3 Å². The maximum Gasteiger partial charge on any atom is 0.341 e. The number of rotatable bonds is 4. The summed E-state index contributed by atoms with van der Waals surface area (Å²) >= 11 is 0. The minimum absolute atomic E-state index is 0.231. The zero-order valence-electron chi connectivity index (χ0n) is 8.78. The maximum atomic E-state index is 10.4. The lowest BCUT2D eigenvalue weighted by atomic mass is 10.2. The first-order valence-electron chi connectivity index (χ1n) is 4.84. The van der Waals surface area contributed by atoms with Crippen molar-refractivity contribution < 1.29 is 14.6 Å². The third kappa shape index (κ3) is 2.97. The molecule has 2 rings (SSSR count). The molecule has 0 radical (unpaired) electrons. The monoisotopic (exact) mass is 231 g/mol. The number of hydrogen-bond acceptors (Lipinski definition) is 5. The SMILES string of the molecule is O=C(O)COc1ccnc(-c2ccncc2)n1. The van der Waals surface area contributed by atoms with E-state index in [1.807, 2.05) is 0 Å². The fourth-order valence-corrected chi connectivity index (χ4v) is 1.20. The van der Waals surface area contributed by atoms with Gasteiger partial charge in [-0.3, -0.25) is 4.98 Å². The Hall–Kier alpha value is -2.50. The first-order chi connectivity index (χ1) is 8.25. The lowest BCUT2D eigenvalue weighted by molar-refractivity contribution is -0.139. The van der Waals surface area contributed by atoms with Crippen LogP contribution in [-0.4, -0.2) is 32.6 Å². The van der Waals surface area contributed by atoms with Crippen LogP contribution in [0.4, 0.5) is 0 Å². The molecule has 0 aliphatic rings. The molecule has 17 heavy (non-hydrogen) atoms. The van der Waals surface area contributed by atoms with E-state index < -0.39 is 12.6 Å². The zero-order valence-corrected chi connectivity index (χ0v) is 8.78. The maximum absolute atomic E-state index is 10.4. The minimum atomic E-state index is -1.05. The van der Waals surface area contributed by atoms with Gasteiger partial charge in [0.1, 0.15) is 0 Å². The Labute approximate surface area is 96.9 Å². The third-order valence-corrected chi connectivity index (χ3v) is 1.91. The second-order valence-corrected chi connectivity index (χ2v) is 3.14. The number of ether oxygens (including phenoxy) is 1. The topological polar surface area (TPSA) is 85.2 Å². The van der Waals surface area contributed by atoms with E-state index in [2.05, 4.69) is 15.0 Å². The third-order valence-electron chi connectivity index (χ3n) is 1.91. The van der Waals surface area contributed by atoms with E-state index in [4.69, 9.17) is 9.84 Å². The Morgan fingerprint density at radius 1 is 1.24 bits per heavy atom. The Kier molecular flexibility index (Phi) is 3.25.